The first-order chi connectivity index (χ1) is 15.6. The van der Waals surface area contributed by atoms with Gasteiger partial charge in [0, 0.05) is 18.0 Å². The zero-order valence-electron chi connectivity index (χ0n) is 19.9. The van der Waals surface area contributed by atoms with Crippen LogP contribution in [-0.2, 0) is 10.2 Å². The van der Waals surface area contributed by atoms with Crippen LogP contribution in [0.1, 0.15) is 55.7 Å². The standard InChI is InChI=1S/C26H31ClN4O2/c1-6-14-30(25(33)20-12-7-8-13-21(20)27)17-24(32)28-23-16-22(26(3,4)5)29-31(23)19-11-9-10-18(2)15-19/h7-13,15-16H,6,14,17H2,1-5H3,(H,28,32). The van der Waals surface area contributed by atoms with Gasteiger partial charge >= 0.3 is 0 Å². The van der Waals surface area contributed by atoms with Crippen LogP contribution >= 0.6 is 11.6 Å². The molecule has 0 fully saturated rings. The van der Waals surface area contributed by atoms with Crippen LogP contribution in [0, 0.1) is 6.92 Å². The lowest BCUT2D eigenvalue weighted by atomic mass is 9.92. The minimum absolute atomic E-state index is 0.0816. The maximum atomic E-state index is 13.0. The number of carbonyl (C=O) groups is 2. The molecule has 0 saturated heterocycles. The molecule has 0 radical (unpaired) electrons. The van der Waals surface area contributed by atoms with Crippen LogP contribution in [0.25, 0.3) is 5.69 Å². The molecule has 1 N–H and O–H groups in total. The van der Waals surface area contributed by atoms with Gasteiger partial charge in [-0.3, -0.25) is 9.59 Å². The zero-order chi connectivity index (χ0) is 24.2. The number of rotatable bonds is 7. The fourth-order valence-corrected chi connectivity index (χ4v) is 3.69. The van der Waals surface area contributed by atoms with Gasteiger partial charge in [0.15, 0.2) is 0 Å². The van der Waals surface area contributed by atoms with E-state index >= 15 is 0 Å². The predicted octanol–water partition coefficient (Wildman–Crippen LogP) is 5.62. The Hall–Kier alpha value is -3.12. The number of halogens is 1. The fraction of sp³-hybridized carbons (Fsp3) is 0.346. The van der Waals surface area contributed by atoms with Crippen molar-refractivity contribution in [2.24, 2.45) is 0 Å². The molecule has 0 unspecified atom stereocenters. The van der Waals surface area contributed by atoms with Crippen molar-refractivity contribution in [3.63, 3.8) is 0 Å². The molecule has 174 valence electrons. The van der Waals surface area contributed by atoms with E-state index < -0.39 is 0 Å². The fourth-order valence-electron chi connectivity index (χ4n) is 3.48. The second kappa shape index (κ2) is 10.2. The first-order valence-corrected chi connectivity index (χ1v) is 11.5. The maximum Gasteiger partial charge on any atom is 0.255 e. The lowest BCUT2D eigenvalue weighted by Crippen LogP contribution is -2.38. The summed E-state index contributed by atoms with van der Waals surface area (Å²) in [6.45, 7) is 10.6. The molecule has 1 aromatic heterocycles. The van der Waals surface area contributed by atoms with Crippen LogP contribution in [-0.4, -0.2) is 39.6 Å². The van der Waals surface area contributed by atoms with E-state index in [2.05, 4.69) is 26.1 Å². The van der Waals surface area contributed by atoms with E-state index in [4.69, 9.17) is 16.7 Å². The van der Waals surface area contributed by atoms with Crippen molar-refractivity contribution in [1.29, 1.82) is 0 Å². The number of hydrogen-bond acceptors (Lipinski definition) is 3. The molecule has 0 spiro atoms. The molecule has 0 bridgehead atoms. The highest BCUT2D eigenvalue weighted by molar-refractivity contribution is 6.33. The summed E-state index contributed by atoms with van der Waals surface area (Å²) in [4.78, 5) is 27.6. The average molecular weight is 467 g/mol. The van der Waals surface area contributed by atoms with Crippen molar-refractivity contribution in [2.45, 2.75) is 46.5 Å². The third-order valence-corrected chi connectivity index (χ3v) is 5.54. The highest BCUT2D eigenvalue weighted by atomic mass is 35.5. The monoisotopic (exact) mass is 466 g/mol. The molecular formula is C26H31ClN4O2. The summed E-state index contributed by atoms with van der Waals surface area (Å²) >= 11 is 6.22. The predicted molar refractivity (Wildman–Crippen MR) is 133 cm³/mol. The van der Waals surface area contributed by atoms with Gasteiger partial charge in [-0.15, -0.1) is 0 Å². The number of aromatic nitrogens is 2. The number of carbonyl (C=O) groups excluding carboxylic acids is 2. The summed E-state index contributed by atoms with van der Waals surface area (Å²) in [7, 11) is 0. The van der Waals surface area contributed by atoms with Gasteiger partial charge in [-0.25, -0.2) is 4.68 Å². The van der Waals surface area contributed by atoms with Gasteiger partial charge in [0.1, 0.15) is 12.4 Å². The van der Waals surface area contributed by atoms with Gasteiger partial charge in [-0.2, -0.15) is 5.10 Å². The van der Waals surface area contributed by atoms with Crippen molar-refractivity contribution in [2.75, 3.05) is 18.4 Å². The number of nitrogens with zero attached hydrogens (tertiary/aromatic N) is 3. The number of aryl methyl sites for hydroxylation is 1. The molecule has 2 aromatic carbocycles. The van der Waals surface area contributed by atoms with Gasteiger partial charge in [0.05, 0.1) is 22.0 Å². The minimum atomic E-state index is -0.293. The molecule has 0 saturated carbocycles. The van der Waals surface area contributed by atoms with Crippen LogP contribution in [0.4, 0.5) is 5.82 Å². The Balaban J connectivity index is 1.87. The van der Waals surface area contributed by atoms with Crippen LogP contribution in [0.2, 0.25) is 5.02 Å². The molecule has 3 aromatic rings. The third kappa shape index (κ3) is 6.02. The van der Waals surface area contributed by atoms with E-state index in [0.29, 0.717) is 22.9 Å². The van der Waals surface area contributed by atoms with Crippen molar-refractivity contribution >= 4 is 29.2 Å². The molecular weight excluding hydrogens is 436 g/mol. The number of amides is 2. The first kappa shape index (κ1) is 24.5. The molecule has 0 atom stereocenters. The van der Waals surface area contributed by atoms with Crippen LogP contribution in [0.15, 0.2) is 54.6 Å². The lowest BCUT2D eigenvalue weighted by Gasteiger charge is -2.22. The smallest absolute Gasteiger partial charge is 0.255 e. The van der Waals surface area contributed by atoms with Crippen molar-refractivity contribution in [3.05, 3.63) is 76.4 Å². The molecule has 33 heavy (non-hydrogen) atoms. The molecule has 0 aliphatic carbocycles. The molecule has 0 aliphatic rings. The summed E-state index contributed by atoms with van der Waals surface area (Å²) in [5, 5.41) is 8.10. The highest BCUT2D eigenvalue weighted by Gasteiger charge is 2.24. The summed E-state index contributed by atoms with van der Waals surface area (Å²) in [5.41, 5.74) is 3.01. The summed E-state index contributed by atoms with van der Waals surface area (Å²) in [6, 6.07) is 16.7. The van der Waals surface area contributed by atoms with E-state index in [0.717, 1.165) is 23.4 Å². The van der Waals surface area contributed by atoms with Crippen molar-refractivity contribution in [3.8, 4) is 5.69 Å². The maximum absolute atomic E-state index is 13.0. The van der Waals surface area contributed by atoms with E-state index in [-0.39, 0.29) is 23.8 Å². The first-order valence-electron chi connectivity index (χ1n) is 11.1. The molecule has 1 heterocycles. The Morgan fingerprint density at radius 1 is 1.09 bits per heavy atom. The minimum Gasteiger partial charge on any atom is -0.329 e. The normalized spacial score (nSPS) is 11.3. The van der Waals surface area contributed by atoms with E-state index in [1.54, 1.807) is 28.9 Å². The van der Waals surface area contributed by atoms with Gasteiger partial charge in [-0.1, -0.05) is 63.6 Å². The van der Waals surface area contributed by atoms with Crippen LogP contribution in [0.5, 0.6) is 0 Å². The summed E-state index contributed by atoms with van der Waals surface area (Å²) in [5.74, 6) is 0.00968. The summed E-state index contributed by atoms with van der Waals surface area (Å²) < 4.78 is 1.74. The third-order valence-electron chi connectivity index (χ3n) is 5.21. The second-order valence-corrected chi connectivity index (χ2v) is 9.58. The molecule has 3 rings (SSSR count). The van der Waals surface area contributed by atoms with Crippen molar-refractivity contribution < 1.29 is 9.59 Å². The Morgan fingerprint density at radius 2 is 1.82 bits per heavy atom. The lowest BCUT2D eigenvalue weighted by molar-refractivity contribution is -0.116. The van der Waals surface area contributed by atoms with E-state index in [1.165, 1.54) is 4.90 Å². The largest absolute Gasteiger partial charge is 0.329 e. The number of hydrogen-bond donors (Lipinski definition) is 1. The number of benzene rings is 2. The van der Waals surface area contributed by atoms with Crippen LogP contribution < -0.4 is 5.32 Å². The molecule has 6 nitrogen and oxygen atoms in total. The Kier molecular flexibility index (Phi) is 7.59. The van der Waals surface area contributed by atoms with Gasteiger partial charge in [-0.05, 0) is 43.2 Å². The zero-order valence-corrected chi connectivity index (χ0v) is 20.6. The van der Waals surface area contributed by atoms with E-state index in [1.807, 2.05) is 44.2 Å². The van der Waals surface area contributed by atoms with Crippen LogP contribution in [0.3, 0.4) is 0 Å². The summed E-state index contributed by atoms with van der Waals surface area (Å²) in [6.07, 6.45) is 0.721. The Bertz CT molecular complexity index is 1150. The topological polar surface area (TPSA) is 67.2 Å². The van der Waals surface area contributed by atoms with Gasteiger partial charge in [0.2, 0.25) is 5.91 Å². The van der Waals surface area contributed by atoms with Gasteiger partial charge in [0.25, 0.3) is 5.91 Å². The van der Waals surface area contributed by atoms with E-state index in [9.17, 15) is 9.59 Å². The quantitative estimate of drug-likeness (QED) is 0.491. The second-order valence-electron chi connectivity index (χ2n) is 9.17. The number of anilines is 1. The van der Waals surface area contributed by atoms with Gasteiger partial charge < -0.3 is 10.2 Å². The Labute approximate surface area is 200 Å². The Morgan fingerprint density at radius 3 is 2.45 bits per heavy atom. The highest BCUT2D eigenvalue weighted by Crippen LogP contribution is 2.27. The molecule has 2 amide bonds. The number of nitrogens with one attached hydrogen (secondary N) is 1. The molecule has 0 aliphatic heterocycles. The average Bonchev–Trinajstić information content (AvgIpc) is 3.17. The van der Waals surface area contributed by atoms with Crippen molar-refractivity contribution in [1.82, 2.24) is 14.7 Å². The SMILES string of the molecule is CCCN(CC(=O)Nc1cc(C(C)(C)C)nn1-c1cccc(C)c1)C(=O)c1ccccc1Cl. The molecule has 7 heteroatoms.